The number of ether oxygens (including phenoxy) is 1. The molecule has 3 heterocycles. The number of anilines is 1. The molecule has 0 saturated carbocycles. The van der Waals surface area contributed by atoms with Crippen LogP contribution in [-0.4, -0.2) is 26.5 Å². The van der Waals surface area contributed by atoms with E-state index in [2.05, 4.69) is 32.4 Å². The second-order valence-corrected chi connectivity index (χ2v) is 5.73. The van der Waals surface area contributed by atoms with Gasteiger partial charge in [0.2, 0.25) is 0 Å². The van der Waals surface area contributed by atoms with Gasteiger partial charge in [0, 0.05) is 13.2 Å². The lowest BCUT2D eigenvalue weighted by atomic mass is 10.1. The molecule has 0 amide bonds. The van der Waals surface area contributed by atoms with E-state index in [-0.39, 0.29) is 6.10 Å². The molecule has 1 atom stereocenters. The zero-order chi connectivity index (χ0) is 15.5. The second-order valence-electron chi connectivity index (χ2n) is 5.73. The van der Waals surface area contributed by atoms with Crippen LogP contribution in [0.3, 0.4) is 0 Å². The molecular formula is C17H19N5O. The number of nitrogens with one attached hydrogen (secondary N) is 2. The fraction of sp³-hybridized carbons (Fsp3) is 0.353. The number of imidazole rings is 1. The van der Waals surface area contributed by atoms with Crippen LogP contribution in [0.25, 0.3) is 11.2 Å². The highest BCUT2D eigenvalue weighted by Crippen LogP contribution is 2.28. The summed E-state index contributed by atoms with van der Waals surface area (Å²) in [5.41, 5.74) is 2.72. The Morgan fingerprint density at radius 2 is 2.09 bits per heavy atom. The first-order valence-corrected chi connectivity index (χ1v) is 8.00. The van der Waals surface area contributed by atoms with Crippen molar-refractivity contribution in [2.24, 2.45) is 0 Å². The van der Waals surface area contributed by atoms with Crippen molar-refractivity contribution in [2.75, 3.05) is 11.9 Å². The summed E-state index contributed by atoms with van der Waals surface area (Å²) in [5, 5.41) is 3.39. The Morgan fingerprint density at radius 1 is 1.17 bits per heavy atom. The van der Waals surface area contributed by atoms with Crippen molar-refractivity contribution in [1.29, 1.82) is 0 Å². The molecule has 1 saturated heterocycles. The molecule has 118 valence electrons. The van der Waals surface area contributed by atoms with Gasteiger partial charge in [-0.1, -0.05) is 30.3 Å². The third kappa shape index (κ3) is 3.03. The average molecular weight is 309 g/mol. The summed E-state index contributed by atoms with van der Waals surface area (Å²) in [6.45, 7) is 1.48. The van der Waals surface area contributed by atoms with Crippen molar-refractivity contribution < 1.29 is 4.74 Å². The molecule has 1 fully saturated rings. The van der Waals surface area contributed by atoms with Gasteiger partial charge in [-0.25, -0.2) is 15.0 Å². The highest BCUT2D eigenvalue weighted by molar-refractivity contribution is 5.82. The predicted octanol–water partition coefficient (Wildman–Crippen LogP) is 3.21. The van der Waals surface area contributed by atoms with E-state index in [0.717, 1.165) is 43.0 Å². The predicted molar refractivity (Wildman–Crippen MR) is 88.0 cm³/mol. The fourth-order valence-corrected chi connectivity index (χ4v) is 2.85. The topological polar surface area (TPSA) is 75.7 Å². The smallest absolute Gasteiger partial charge is 0.183 e. The van der Waals surface area contributed by atoms with Gasteiger partial charge in [0.05, 0.1) is 6.33 Å². The molecule has 4 rings (SSSR count). The van der Waals surface area contributed by atoms with Gasteiger partial charge < -0.3 is 15.0 Å². The largest absolute Gasteiger partial charge is 0.370 e. The van der Waals surface area contributed by atoms with Crippen LogP contribution in [0.1, 0.15) is 36.8 Å². The SMILES string of the molecule is c1ccc(CNc2nc(C3CCCCO3)nc3nc[nH]c23)cc1. The average Bonchev–Trinajstić information content (AvgIpc) is 3.10. The summed E-state index contributed by atoms with van der Waals surface area (Å²) in [7, 11) is 0. The Hall–Kier alpha value is -2.47. The molecule has 6 nitrogen and oxygen atoms in total. The van der Waals surface area contributed by atoms with Crippen LogP contribution in [0.2, 0.25) is 0 Å². The van der Waals surface area contributed by atoms with Crippen molar-refractivity contribution in [3.8, 4) is 0 Å². The third-order valence-corrected chi connectivity index (χ3v) is 4.07. The molecule has 2 N–H and O–H groups in total. The molecule has 0 aliphatic carbocycles. The number of aromatic nitrogens is 4. The first-order valence-electron chi connectivity index (χ1n) is 8.00. The molecule has 0 radical (unpaired) electrons. The monoisotopic (exact) mass is 309 g/mol. The lowest BCUT2D eigenvalue weighted by molar-refractivity contribution is 0.00972. The van der Waals surface area contributed by atoms with E-state index < -0.39 is 0 Å². The minimum atomic E-state index is -0.0258. The fourth-order valence-electron chi connectivity index (χ4n) is 2.85. The van der Waals surface area contributed by atoms with Gasteiger partial charge in [-0.2, -0.15) is 0 Å². The summed E-state index contributed by atoms with van der Waals surface area (Å²) in [5.74, 6) is 1.50. The van der Waals surface area contributed by atoms with Gasteiger partial charge >= 0.3 is 0 Å². The van der Waals surface area contributed by atoms with Crippen LogP contribution in [0, 0.1) is 0 Å². The van der Waals surface area contributed by atoms with Gasteiger partial charge in [0.15, 0.2) is 17.3 Å². The minimum Gasteiger partial charge on any atom is -0.370 e. The molecule has 0 bridgehead atoms. The van der Waals surface area contributed by atoms with E-state index in [1.807, 2.05) is 18.2 Å². The van der Waals surface area contributed by atoms with Gasteiger partial charge in [0.1, 0.15) is 11.6 Å². The van der Waals surface area contributed by atoms with Crippen LogP contribution in [0.15, 0.2) is 36.7 Å². The van der Waals surface area contributed by atoms with E-state index >= 15 is 0 Å². The van der Waals surface area contributed by atoms with Crippen molar-refractivity contribution in [1.82, 2.24) is 19.9 Å². The molecule has 6 heteroatoms. The number of H-pyrrole nitrogens is 1. The van der Waals surface area contributed by atoms with E-state index in [0.29, 0.717) is 12.2 Å². The number of nitrogens with zero attached hydrogens (tertiary/aromatic N) is 3. The number of rotatable bonds is 4. The maximum atomic E-state index is 5.82. The number of benzene rings is 1. The Labute approximate surface area is 134 Å². The molecule has 1 aromatic carbocycles. The molecule has 0 spiro atoms. The van der Waals surface area contributed by atoms with Gasteiger partial charge in [-0.15, -0.1) is 0 Å². The van der Waals surface area contributed by atoms with Crippen LogP contribution < -0.4 is 5.32 Å². The molecule has 3 aromatic rings. The first-order chi connectivity index (χ1) is 11.4. The van der Waals surface area contributed by atoms with E-state index in [4.69, 9.17) is 9.72 Å². The molecular weight excluding hydrogens is 290 g/mol. The summed E-state index contributed by atoms with van der Waals surface area (Å²) in [4.78, 5) is 16.7. The van der Waals surface area contributed by atoms with Crippen LogP contribution in [0.4, 0.5) is 5.82 Å². The molecule has 2 aromatic heterocycles. The normalized spacial score (nSPS) is 18.2. The summed E-state index contributed by atoms with van der Waals surface area (Å²) in [6, 6.07) is 10.3. The Bertz CT molecular complexity index is 780. The zero-order valence-electron chi connectivity index (χ0n) is 12.8. The van der Waals surface area contributed by atoms with Crippen molar-refractivity contribution in [3.05, 3.63) is 48.0 Å². The lowest BCUT2D eigenvalue weighted by Gasteiger charge is -2.21. The lowest BCUT2D eigenvalue weighted by Crippen LogP contribution is -2.15. The van der Waals surface area contributed by atoms with Crippen LogP contribution in [-0.2, 0) is 11.3 Å². The van der Waals surface area contributed by atoms with E-state index in [1.165, 1.54) is 5.56 Å². The number of hydrogen-bond acceptors (Lipinski definition) is 5. The third-order valence-electron chi connectivity index (χ3n) is 4.07. The Morgan fingerprint density at radius 3 is 2.91 bits per heavy atom. The summed E-state index contributed by atoms with van der Waals surface area (Å²) >= 11 is 0. The standard InChI is InChI=1S/C17H19N5O/c1-2-6-12(7-3-1)10-18-16-14-17(20-11-19-14)22-15(21-16)13-8-4-5-9-23-13/h1-3,6-7,11,13H,4-5,8-10H2,(H2,18,19,20,21,22). The Kier molecular flexibility index (Phi) is 3.90. The van der Waals surface area contributed by atoms with Crippen molar-refractivity contribution in [2.45, 2.75) is 31.9 Å². The molecule has 23 heavy (non-hydrogen) atoms. The van der Waals surface area contributed by atoms with Gasteiger partial charge in [-0.3, -0.25) is 0 Å². The van der Waals surface area contributed by atoms with Crippen LogP contribution >= 0.6 is 0 Å². The highest BCUT2D eigenvalue weighted by atomic mass is 16.5. The first kappa shape index (κ1) is 14.1. The van der Waals surface area contributed by atoms with E-state index in [1.54, 1.807) is 6.33 Å². The number of fused-ring (bicyclic) bond motifs is 1. The van der Waals surface area contributed by atoms with E-state index in [9.17, 15) is 0 Å². The minimum absolute atomic E-state index is 0.0258. The molecule has 1 aliphatic rings. The quantitative estimate of drug-likeness (QED) is 0.774. The zero-order valence-corrected chi connectivity index (χ0v) is 12.8. The van der Waals surface area contributed by atoms with Crippen molar-refractivity contribution >= 4 is 17.0 Å². The maximum Gasteiger partial charge on any atom is 0.183 e. The molecule has 1 aliphatic heterocycles. The maximum absolute atomic E-state index is 5.82. The van der Waals surface area contributed by atoms with Crippen LogP contribution in [0.5, 0.6) is 0 Å². The second kappa shape index (κ2) is 6.34. The summed E-state index contributed by atoms with van der Waals surface area (Å²) in [6.07, 6.45) is 4.86. The number of aromatic amines is 1. The van der Waals surface area contributed by atoms with Gasteiger partial charge in [-0.05, 0) is 24.8 Å². The van der Waals surface area contributed by atoms with Gasteiger partial charge in [0.25, 0.3) is 0 Å². The number of hydrogen-bond donors (Lipinski definition) is 2. The Balaban J connectivity index is 1.62. The highest BCUT2D eigenvalue weighted by Gasteiger charge is 2.21. The summed E-state index contributed by atoms with van der Waals surface area (Å²) < 4.78 is 5.82. The van der Waals surface area contributed by atoms with Crippen molar-refractivity contribution in [3.63, 3.8) is 0 Å². The molecule has 1 unspecified atom stereocenters.